The van der Waals surface area contributed by atoms with Crippen molar-refractivity contribution in [2.45, 2.75) is 44.2 Å². The number of aliphatic hydroxyl groups is 1. The number of hydrogen-bond donors (Lipinski definition) is 3. The molecule has 0 radical (unpaired) electrons. The van der Waals surface area contributed by atoms with Crippen LogP contribution < -0.4 is 11.1 Å². The second-order valence-corrected chi connectivity index (χ2v) is 5.43. The van der Waals surface area contributed by atoms with Gasteiger partial charge in [-0.05, 0) is 31.0 Å². The second kappa shape index (κ2) is 6.26. The van der Waals surface area contributed by atoms with Crippen LogP contribution in [0.1, 0.15) is 42.5 Å². The summed E-state index contributed by atoms with van der Waals surface area (Å²) in [5.74, 6) is -0.214. The van der Waals surface area contributed by atoms with Gasteiger partial charge in [0.15, 0.2) is 0 Å². The molecular formula is C14H19ClN2O2. The van der Waals surface area contributed by atoms with Crippen molar-refractivity contribution in [2.24, 2.45) is 0 Å². The van der Waals surface area contributed by atoms with Gasteiger partial charge in [0.1, 0.15) is 0 Å². The number of halogens is 1. The van der Waals surface area contributed by atoms with E-state index in [1.165, 1.54) is 0 Å². The lowest BCUT2D eigenvalue weighted by Crippen LogP contribution is -2.42. The number of anilines is 1. The van der Waals surface area contributed by atoms with E-state index in [9.17, 15) is 9.90 Å². The van der Waals surface area contributed by atoms with Gasteiger partial charge in [0.05, 0.1) is 22.9 Å². The first-order valence-electron chi connectivity index (χ1n) is 6.62. The predicted molar refractivity (Wildman–Crippen MR) is 76.2 cm³/mol. The number of nitrogen functional groups attached to an aromatic ring is 1. The molecule has 4 nitrogen and oxygen atoms in total. The minimum atomic E-state index is -0.462. The van der Waals surface area contributed by atoms with E-state index >= 15 is 0 Å². The van der Waals surface area contributed by atoms with Gasteiger partial charge >= 0.3 is 0 Å². The highest BCUT2D eigenvalue weighted by molar-refractivity contribution is 6.33. The van der Waals surface area contributed by atoms with Crippen LogP contribution in [0.15, 0.2) is 18.2 Å². The van der Waals surface area contributed by atoms with Crippen molar-refractivity contribution >= 4 is 23.2 Å². The van der Waals surface area contributed by atoms with E-state index < -0.39 is 6.10 Å². The first-order chi connectivity index (χ1) is 9.08. The summed E-state index contributed by atoms with van der Waals surface area (Å²) in [6.07, 6.45) is 4.25. The third-order valence-corrected chi connectivity index (χ3v) is 3.90. The zero-order chi connectivity index (χ0) is 13.8. The highest BCUT2D eigenvalue weighted by Crippen LogP contribution is 2.21. The van der Waals surface area contributed by atoms with Gasteiger partial charge in [0.2, 0.25) is 0 Å². The maximum absolute atomic E-state index is 12.1. The highest BCUT2D eigenvalue weighted by Gasteiger charge is 2.23. The van der Waals surface area contributed by atoms with Gasteiger partial charge in [-0.25, -0.2) is 0 Å². The van der Waals surface area contributed by atoms with Crippen molar-refractivity contribution in [3.63, 3.8) is 0 Å². The molecule has 0 saturated heterocycles. The Kier molecular flexibility index (Phi) is 4.66. The fourth-order valence-corrected chi connectivity index (χ4v) is 2.51. The average molecular weight is 283 g/mol. The maximum atomic E-state index is 12.1. The Hall–Kier alpha value is -1.26. The number of benzene rings is 1. The van der Waals surface area contributed by atoms with Gasteiger partial charge < -0.3 is 16.2 Å². The van der Waals surface area contributed by atoms with E-state index in [1.807, 2.05) is 0 Å². The summed E-state index contributed by atoms with van der Waals surface area (Å²) in [4.78, 5) is 12.1. The van der Waals surface area contributed by atoms with Gasteiger partial charge in [0, 0.05) is 5.56 Å². The minimum absolute atomic E-state index is 0.174. The van der Waals surface area contributed by atoms with E-state index in [1.54, 1.807) is 18.2 Å². The Morgan fingerprint density at radius 3 is 2.79 bits per heavy atom. The molecule has 0 bridgehead atoms. The molecule has 1 saturated carbocycles. The summed E-state index contributed by atoms with van der Waals surface area (Å²) >= 11 is 5.83. The smallest absolute Gasteiger partial charge is 0.251 e. The maximum Gasteiger partial charge on any atom is 0.251 e. The largest absolute Gasteiger partial charge is 0.398 e. The first kappa shape index (κ1) is 14.2. The van der Waals surface area contributed by atoms with Crippen LogP contribution in [0.25, 0.3) is 0 Å². The van der Waals surface area contributed by atoms with E-state index in [2.05, 4.69) is 5.32 Å². The number of hydrogen-bond acceptors (Lipinski definition) is 3. The molecule has 19 heavy (non-hydrogen) atoms. The van der Waals surface area contributed by atoms with Gasteiger partial charge in [-0.2, -0.15) is 0 Å². The van der Waals surface area contributed by atoms with Crippen LogP contribution in [0.2, 0.25) is 5.02 Å². The molecule has 0 aliphatic heterocycles. The van der Waals surface area contributed by atoms with Gasteiger partial charge in [-0.3, -0.25) is 4.79 Å². The predicted octanol–water partition coefficient (Wildman–Crippen LogP) is 2.35. The SMILES string of the molecule is Nc1cc(C(=O)NC2CCCCCC2O)ccc1Cl. The van der Waals surface area contributed by atoms with E-state index in [4.69, 9.17) is 17.3 Å². The lowest BCUT2D eigenvalue weighted by molar-refractivity contribution is 0.0819. The molecule has 0 aromatic heterocycles. The third-order valence-electron chi connectivity index (χ3n) is 3.55. The second-order valence-electron chi connectivity index (χ2n) is 5.02. The first-order valence-corrected chi connectivity index (χ1v) is 6.99. The van der Waals surface area contributed by atoms with Crippen LogP contribution in [0, 0.1) is 0 Å². The molecule has 1 aromatic carbocycles. The van der Waals surface area contributed by atoms with Gasteiger partial charge in [-0.15, -0.1) is 0 Å². The summed E-state index contributed by atoms with van der Waals surface area (Å²) in [5, 5.41) is 13.3. The van der Waals surface area contributed by atoms with Crippen molar-refractivity contribution < 1.29 is 9.90 Å². The molecule has 1 fully saturated rings. The van der Waals surface area contributed by atoms with Crippen molar-refractivity contribution in [1.29, 1.82) is 0 Å². The molecule has 104 valence electrons. The van der Waals surface area contributed by atoms with Crippen molar-refractivity contribution in [3.05, 3.63) is 28.8 Å². The minimum Gasteiger partial charge on any atom is -0.398 e. The summed E-state index contributed by atoms with van der Waals surface area (Å²) in [6, 6.07) is 4.62. The zero-order valence-electron chi connectivity index (χ0n) is 10.7. The molecule has 1 aliphatic carbocycles. The van der Waals surface area contributed by atoms with Crippen LogP contribution in [-0.4, -0.2) is 23.2 Å². The normalized spacial score (nSPS) is 23.7. The molecular weight excluding hydrogens is 264 g/mol. The number of amides is 1. The zero-order valence-corrected chi connectivity index (χ0v) is 11.5. The summed E-state index contributed by atoms with van der Waals surface area (Å²) in [7, 11) is 0. The molecule has 2 atom stereocenters. The standard InChI is InChI=1S/C14H19ClN2O2/c15-10-7-6-9(8-11(10)16)14(19)17-12-4-2-1-3-5-13(12)18/h6-8,12-13,18H,1-5,16H2,(H,17,19). The van der Waals surface area contributed by atoms with Crippen LogP contribution >= 0.6 is 11.6 Å². The monoisotopic (exact) mass is 282 g/mol. The molecule has 0 heterocycles. The van der Waals surface area contributed by atoms with Crippen LogP contribution in [-0.2, 0) is 0 Å². The van der Waals surface area contributed by atoms with Crippen LogP contribution in [0.4, 0.5) is 5.69 Å². The number of nitrogens with two attached hydrogens (primary N) is 1. The van der Waals surface area contributed by atoms with Crippen molar-refractivity contribution in [1.82, 2.24) is 5.32 Å². The molecule has 1 aromatic rings. The summed E-state index contributed by atoms with van der Waals surface area (Å²) in [6.45, 7) is 0. The Labute approximate surface area is 117 Å². The Bertz CT molecular complexity index is 465. The average Bonchev–Trinajstić information content (AvgIpc) is 2.58. The Morgan fingerprint density at radius 1 is 1.32 bits per heavy atom. The Morgan fingerprint density at radius 2 is 2.05 bits per heavy atom. The van der Waals surface area contributed by atoms with Crippen molar-refractivity contribution in [3.8, 4) is 0 Å². The highest BCUT2D eigenvalue weighted by atomic mass is 35.5. The van der Waals surface area contributed by atoms with Gasteiger partial charge in [0.25, 0.3) is 5.91 Å². The lowest BCUT2D eigenvalue weighted by atomic mass is 10.1. The lowest BCUT2D eigenvalue weighted by Gasteiger charge is -2.21. The molecule has 2 unspecified atom stereocenters. The number of aliphatic hydroxyl groups excluding tert-OH is 1. The third kappa shape index (κ3) is 3.61. The molecule has 0 spiro atoms. The summed E-state index contributed by atoms with van der Waals surface area (Å²) in [5.41, 5.74) is 6.54. The quantitative estimate of drug-likeness (QED) is 0.576. The number of carbonyl (C=O) groups is 1. The molecule has 4 N–H and O–H groups in total. The summed E-state index contributed by atoms with van der Waals surface area (Å²) < 4.78 is 0. The van der Waals surface area contributed by atoms with Crippen LogP contribution in [0.5, 0.6) is 0 Å². The number of nitrogens with one attached hydrogen (secondary N) is 1. The Balaban J connectivity index is 2.05. The van der Waals surface area contributed by atoms with E-state index in [-0.39, 0.29) is 11.9 Å². The van der Waals surface area contributed by atoms with Crippen molar-refractivity contribution in [2.75, 3.05) is 5.73 Å². The number of carbonyl (C=O) groups excluding carboxylic acids is 1. The molecule has 5 heteroatoms. The van der Waals surface area contributed by atoms with Gasteiger partial charge in [-0.1, -0.05) is 30.9 Å². The molecule has 1 aliphatic rings. The fraction of sp³-hybridized carbons (Fsp3) is 0.500. The van der Waals surface area contributed by atoms with E-state index in [0.717, 1.165) is 32.1 Å². The number of rotatable bonds is 2. The molecule has 2 rings (SSSR count). The molecule has 1 amide bonds. The van der Waals surface area contributed by atoms with Crippen LogP contribution in [0.3, 0.4) is 0 Å². The topological polar surface area (TPSA) is 75.4 Å². The van der Waals surface area contributed by atoms with E-state index in [0.29, 0.717) is 16.3 Å². The fourth-order valence-electron chi connectivity index (χ4n) is 2.39.